The molecule has 1 saturated heterocycles. The summed E-state index contributed by atoms with van der Waals surface area (Å²) in [7, 11) is 0. The number of carbonyl (C=O) groups excluding carboxylic acids is 2. The molecule has 1 N–H and O–H groups in total. The van der Waals surface area contributed by atoms with E-state index in [2.05, 4.69) is 9.72 Å². The van der Waals surface area contributed by atoms with Gasteiger partial charge in [-0.05, 0) is 13.0 Å². The number of piperazine rings is 1. The summed E-state index contributed by atoms with van der Waals surface area (Å²) in [5.41, 5.74) is -1.21. The number of hydrogen-bond donors (Lipinski definition) is 1. The maximum atomic E-state index is 12.7. The lowest BCUT2D eigenvalue weighted by Gasteiger charge is -2.35. The minimum Gasteiger partial charge on any atom is -0.450 e. The number of nitrogens with one attached hydrogen (secondary N) is 1. The second-order valence-corrected chi connectivity index (χ2v) is 6.29. The fourth-order valence-corrected chi connectivity index (χ4v) is 2.82. The van der Waals surface area contributed by atoms with Crippen molar-refractivity contribution in [2.45, 2.75) is 13.1 Å². The van der Waals surface area contributed by atoms with Crippen molar-refractivity contribution in [1.29, 1.82) is 5.26 Å². The zero-order chi connectivity index (χ0) is 21.6. The first-order chi connectivity index (χ1) is 13.7. The van der Waals surface area contributed by atoms with Crippen LogP contribution in [0.2, 0.25) is 5.02 Å². The number of pyridine rings is 1. The van der Waals surface area contributed by atoms with Crippen molar-refractivity contribution in [1.82, 2.24) is 15.2 Å². The summed E-state index contributed by atoms with van der Waals surface area (Å²) >= 11 is 5.96. The van der Waals surface area contributed by atoms with Gasteiger partial charge in [-0.2, -0.15) is 18.4 Å². The fraction of sp³-hybridized carbons (Fsp3) is 0.412. The third kappa shape index (κ3) is 5.99. The van der Waals surface area contributed by atoms with Crippen LogP contribution in [0.15, 0.2) is 24.0 Å². The number of imide groups is 1. The van der Waals surface area contributed by atoms with Crippen LogP contribution in [0.3, 0.4) is 0 Å². The summed E-state index contributed by atoms with van der Waals surface area (Å²) in [6.07, 6.45) is -3.45. The number of hydrogen-bond acceptors (Lipinski definition) is 7. The molecule has 1 aromatic heterocycles. The van der Waals surface area contributed by atoms with Gasteiger partial charge in [0, 0.05) is 38.6 Å². The molecule has 29 heavy (non-hydrogen) atoms. The van der Waals surface area contributed by atoms with Gasteiger partial charge < -0.3 is 14.5 Å². The largest absolute Gasteiger partial charge is 0.450 e. The van der Waals surface area contributed by atoms with E-state index < -0.39 is 23.7 Å². The van der Waals surface area contributed by atoms with Crippen LogP contribution in [0.5, 0.6) is 0 Å². The Hall–Kier alpha value is -3.00. The van der Waals surface area contributed by atoms with Gasteiger partial charge >= 0.3 is 12.3 Å². The van der Waals surface area contributed by atoms with Crippen LogP contribution in [0.25, 0.3) is 0 Å². The SMILES string of the molecule is CCOC(=O)NC(=O)C(C#N)=CN1CCN(c2ncc(C(F)(F)F)cc2Cl)CC1. The number of alkyl carbamates (subject to hydrolysis) is 1. The van der Waals surface area contributed by atoms with E-state index in [1.165, 1.54) is 6.20 Å². The molecule has 156 valence electrons. The van der Waals surface area contributed by atoms with Crippen molar-refractivity contribution >= 4 is 29.4 Å². The number of halogens is 4. The topological polar surface area (TPSA) is 98.6 Å². The molecule has 1 fully saturated rings. The minimum atomic E-state index is -4.53. The van der Waals surface area contributed by atoms with Gasteiger partial charge in [0.05, 0.1) is 17.2 Å². The second kappa shape index (κ2) is 9.47. The average Bonchev–Trinajstić information content (AvgIpc) is 2.66. The Morgan fingerprint density at radius 1 is 1.38 bits per heavy atom. The maximum absolute atomic E-state index is 12.7. The highest BCUT2D eigenvalue weighted by Gasteiger charge is 2.32. The Morgan fingerprint density at radius 2 is 2.03 bits per heavy atom. The van der Waals surface area contributed by atoms with Crippen molar-refractivity contribution in [3.05, 3.63) is 34.6 Å². The highest BCUT2D eigenvalue weighted by atomic mass is 35.5. The van der Waals surface area contributed by atoms with Crippen molar-refractivity contribution in [3.8, 4) is 6.07 Å². The smallest absolute Gasteiger partial charge is 0.417 e. The molecule has 8 nitrogen and oxygen atoms in total. The van der Waals surface area contributed by atoms with Crippen LogP contribution in [-0.4, -0.2) is 54.7 Å². The first-order valence-corrected chi connectivity index (χ1v) is 8.85. The van der Waals surface area contributed by atoms with E-state index in [1.54, 1.807) is 22.8 Å². The van der Waals surface area contributed by atoms with E-state index in [1.807, 2.05) is 5.32 Å². The van der Waals surface area contributed by atoms with Gasteiger partial charge in [-0.1, -0.05) is 11.6 Å². The van der Waals surface area contributed by atoms with Crippen molar-refractivity contribution < 1.29 is 27.5 Å². The molecule has 2 rings (SSSR count). The quantitative estimate of drug-likeness (QED) is 0.577. The first-order valence-electron chi connectivity index (χ1n) is 8.47. The fourth-order valence-electron chi connectivity index (χ4n) is 2.53. The highest BCUT2D eigenvalue weighted by molar-refractivity contribution is 6.33. The van der Waals surface area contributed by atoms with E-state index in [-0.39, 0.29) is 23.0 Å². The van der Waals surface area contributed by atoms with Gasteiger partial charge in [-0.3, -0.25) is 10.1 Å². The number of ether oxygens (including phenoxy) is 1. The van der Waals surface area contributed by atoms with E-state index in [0.29, 0.717) is 26.2 Å². The second-order valence-electron chi connectivity index (χ2n) is 5.88. The molecular weight excluding hydrogens is 415 g/mol. The van der Waals surface area contributed by atoms with E-state index in [0.717, 1.165) is 12.3 Å². The zero-order valence-corrected chi connectivity index (χ0v) is 16.0. The zero-order valence-electron chi connectivity index (χ0n) is 15.3. The summed E-state index contributed by atoms with van der Waals surface area (Å²) in [6, 6.07) is 2.54. The van der Waals surface area contributed by atoms with Crippen molar-refractivity contribution in [3.63, 3.8) is 0 Å². The van der Waals surface area contributed by atoms with Gasteiger partial charge in [-0.25, -0.2) is 9.78 Å². The molecule has 0 spiro atoms. The molecule has 0 radical (unpaired) electrons. The summed E-state index contributed by atoms with van der Waals surface area (Å²) in [5.74, 6) is -0.662. The molecule has 1 aromatic rings. The molecule has 0 unspecified atom stereocenters. The molecule has 0 bridgehead atoms. The molecule has 12 heteroatoms. The van der Waals surface area contributed by atoms with Crippen LogP contribution in [0, 0.1) is 11.3 Å². The first kappa shape index (κ1) is 22.3. The van der Waals surface area contributed by atoms with E-state index in [4.69, 9.17) is 16.9 Å². The maximum Gasteiger partial charge on any atom is 0.417 e. The summed E-state index contributed by atoms with van der Waals surface area (Å²) in [4.78, 5) is 30.4. The molecule has 2 heterocycles. The number of rotatable bonds is 4. The molecule has 0 atom stereocenters. The number of carbonyl (C=O) groups is 2. The number of nitrogens with zero attached hydrogens (tertiary/aromatic N) is 4. The van der Waals surface area contributed by atoms with Crippen molar-refractivity contribution in [2.24, 2.45) is 0 Å². The standard InChI is InChI=1S/C17H17ClF3N5O3/c1-2-29-16(28)24-15(27)11(8-22)10-25-3-5-26(6-4-25)14-13(18)7-12(9-23-14)17(19,20)21/h7,9-10H,2-6H2,1H3,(H,24,27,28). The minimum absolute atomic E-state index is 0.0766. The van der Waals surface area contributed by atoms with Crippen LogP contribution in [0.4, 0.5) is 23.8 Å². The van der Waals surface area contributed by atoms with Gasteiger partial charge in [0.25, 0.3) is 5.91 Å². The molecule has 1 aliphatic heterocycles. The number of amides is 2. The van der Waals surface area contributed by atoms with Crippen LogP contribution in [0.1, 0.15) is 12.5 Å². The highest BCUT2D eigenvalue weighted by Crippen LogP contribution is 2.33. The molecule has 0 aromatic carbocycles. The summed E-state index contributed by atoms with van der Waals surface area (Å²) < 4.78 is 42.7. The molecule has 2 amide bonds. The molecule has 0 saturated carbocycles. The lowest BCUT2D eigenvalue weighted by atomic mass is 10.2. The van der Waals surface area contributed by atoms with Crippen LogP contribution in [-0.2, 0) is 15.7 Å². The van der Waals surface area contributed by atoms with Gasteiger partial charge in [0.15, 0.2) is 0 Å². The number of anilines is 1. The Labute approximate surface area is 169 Å². The predicted octanol–water partition coefficient (Wildman–Crippen LogP) is 2.56. The summed E-state index contributed by atoms with van der Waals surface area (Å²) in [5, 5.41) is 11.0. The van der Waals surface area contributed by atoms with Gasteiger partial charge in [0.2, 0.25) is 0 Å². The third-order valence-electron chi connectivity index (χ3n) is 3.93. The van der Waals surface area contributed by atoms with Crippen molar-refractivity contribution in [2.75, 3.05) is 37.7 Å². The molecular formula is C17H17ClF3N5O3. The lowest BCUT2D eigenvalue weighted by molar-refractivity contribution is -0.137. The Balaban J connectivity index is 2.01. The number of nitriles is 1. The summed E-state index contributed by atoms with van der Waals surface area (Å²) in [6.45, 7) is 3.07. The van der Waals surface area contributed by atoms with Crippen LogP contribution < -0.4 is 10.2 Å². The van der Waals surface area contributed by atoms with Crippen LogP contribution >= 0.6 is 11.6 Å². The third-order valence-corrected chi connectivity index (χ3v) is 4.21. The number of aromatic nitrogens is 1. The monoisotopic (exact) mass is 431 g/mol. The molecule has 0 aliphatic carbocycles. The average molecular weight is 432 g/mol. The van der Waals surface area contributed by atoms with Gasteiger partial charge in [-0.15, -0.1) is 0 Å². The Bertz CT molecular complexity index is 846. The number of alkyl halides is 3. The van der Waals surface area contributed by atoms with Gasteiger partial charge in [0.1, 0.15) is 17.5 Å². The predicted molar refractivity (Wildman–Crippen MR) is 96.9 cm³/mol. The Morgan fingerprint density at radius 3 is 2.55 bits per heavy atom. The van der Waals surface area contributed by atoms with E-state index in [9.17, 15) is 22.8 Å². The van der Waals surface area contributed by atoms with E-state index >= 15 is 0 Å². The normalized spacial score (nSPS) is 15.0. The lowest BCUT2D eigenvalue weighted by Crippen LogP contribution is -2.45. The molecule has 1 aliphatic rings. The Kier molecular flexibility index (Phi) is 7.28.